The van der Waals surface area contributed by atoms with Crippen molar-refractivity contribution >= 4 is 5.91 Å². The molecule has 128 valence electrons. The average Bonchev–Trinajstić information content (AvgIpc) is 3.22. The summed E-state index contributed by atoms with van der Waals surface area (Å²) in [5.41, 5.74) is 2.68. The maximum atomic E-state index is 13.8. The van der Waals surface area contributed by atoms with Crippen molar-refractivity contribution in [3.63, 3.8) is 0 Å². The largest absolute Gasteiger partial charge is 0.352 e. The molecule has 0 bridgehead atoms. The van der Waals surface area contributed by atoms with Crippen molar-refractivity contribution in [3.05, 3.63) is 53.1 Å². The molecule has 1 amide bonds. The van der Waals surface area contributed by atoms with Crippen LogP contribution in [-0.4, -0.2) is 34.7 Å². The maximum absolute atomic E-state index is 13.8. The summed E-state index contributed by atoms with van der Waals surface area (Å²) in [6.45, 7) is 0.967. The zero-order valence-corrected chi connectivity index (χ0v) is 14.3. The van der Waals surface area contributed by atoms with E-state index in [9.17, 15) is 9.18 Å². The van der Waals surface area contributed by atoms with E-state index in [2.05, 4.69) is 10.4 Å². The molecule has 3 rings (SSSR count). The monoisotopic (exact) mass is 330 g/mol. The van der Waals surface area contributed by atoms with E-state index in [1.165, 1.54) is 6.07 Å². The minimum absolute atomic E-state index is 0.0240. The molecule has 0 saturated heterocycles. The van der Waals surface area contributed by atoms with Gasteiger partial charge in [-0.15, -0.1) is 0 Å². The van der Waals surface area contributed by atoms with Crippen LogP contribution in [0.3, 0.4) is 0 Å². The first-order chi connectivity index (χ1) is 11.4. The van der Waals surface area contributed by atoms with Gasteiger partial charge in [0.05, 0.1) is 6.20 Å². The molecule has 24 heavy (non-hydrogen) atoms. The Morgan fingerprint density at radius 1 is 1.46 bits per heavy atom. The Kier molecular flexibility index (Phi) is 4.66. The van der Waals surface area contributed by atoms with Crippen molar-refractivity contribution in [1.29, 1.82) is 0 Å². The molecule has 2 atom stereocenters. The molecular weight excluding hydrogens is 307 g/mol. The van der Waals surface area contributed by atoms with E-state index in [0.717, 1.165) is 17.5 Å². The fraction of sp³-hybridized carbons (Fsp3) is 0.444. The number of benzene rings is 1. The van der Waals surface area contributed by atoms with Crippen LogP contribution in [0.2, 0.25) is 0 Å². The lowest BCUT2D eigenvalue weighted by atomic mass is 10.1. The molecule has 1 saturated carbocycles. The number of hydrogen-bond acceptors (Lipinski definition) is 3. The predicted molar refractivity (Wildman–Crippen MR) is 89.7 cm³/mol. The predicted octanol–water partition coefficient (Wildman–Crippen LogP) is 2.04. The van der Waals surface area contributed by atoms with Crippen LogP contribution in [0.4, 0.5) is 4.39 Å². The lowest BCUT2D eigenvalue weighted by molar-refractivity contribution is -0.122. The zero-order chi connectivity index (χ0) is 17.3. The van der Waals surface area contributed by atoms with E-state index in [1.54, 1.807) is 10.7 Å². The van der Waals surface area contributed by atoms with E-state index in [0.29, 0.717) is 18.7 Å². The third kappa shape index (κ3) is 3.82. The fourth-order valence-corrected chi connectivity index (χ4v) is 3.00. The van der Waals surface area contributed by atoms with Crippen molar-refractivity contribution in [2.45, 2.75) is 25.4 Å². The minimum Gasteiger partial charge on any atom is -0.352 e. The van der Waals surface area contributed by atoms with Gasteiger partial charge in [-0.05, 0) is 49.7 Å². The van der Waals surface area contributed by atoms with Gasteiger partial charge in [-0.25, -0.2) is 4.39 Å². The maximum Gasteiger partial charge on any atom is 0.224 e. The van der Waals surface area contributed by atoms with Gasteiger partial charge in [0.15, 0.2) is 0 Å². The molecule has 1 heterocycles. The summed E-state index contributed by atoms with van der Waals surface area (Å²) < 4.78 is 15.5. The first kappa shape index (κ1) is 16.6. The first-order valence-electron chi connectivity index (χ1n) is 8.12. The third-order valence-corrected chi connectivity index (χ3v) is 4.34. The van der Waals surface area contributed by atoms with Gasteiger partial charge in [-0.1, -0.05) is 6.07 Å². The number of nitrogens with one attached hydrogen (secondary N) is 1. The molecule has 1 N–H and O–H groups in total. The number of hydrogen-bond donors (Lipinski definition) is 1. The first-order valence-corrected chi connectivity index (χ1v) is 8.12. The smallest absolute Gasteiger partial charge is 0.224 e. The lowest BCUT2D eigenvalue weighted by Gasteiger charge is -2.12. The second kappa shape index (κ2) is 6.73. The van der Waals surface area contributed by atoms with E-state index in [4.69, 9.17) is 0 Å². The van der Waals surface area contributed by atoms with Gasteiger partial charge in [-0.2, -0.15) is 5.10 Å². The Morgan fingerprint density at radius 3 is 2.92 bits per heavy atom. The number of amides is 1. The van der Waals surface area contributed by atoms with Crippen LogP contribution in [0.5, 0.6) is 0 Å². The Labute approximate surface area is 141 Å². The molecular formula is C18H23FN4O. The molecule has 1 fully saturated rings. The van der Waals surface area contributed by atoms with Crippen LogP contribution in [-0.2, 0) is 24.9 Å². The van der Waals surface area contributed by atoms with E-state index >= 15 is 0 Å². The number of rotatable bonds is 6. The number of aromatic nitrogens is 2. The van der Waals surface area contributed by atoms with Crippen LogP contribution in [0.25, 0.3) is 0 Å². The molecule has 1 aromatic heterocycles. The molecule has 0 spiro atoms. The van der Waals surface area contributed by atoms with E-state index in [1.807, 2.05) is 44.5 Å². The summed E-state index contributed by atoms with van der Waals surface area (Å²) in [4.78, 5) is 14.2. The second-order valence-corrected chi connectivity index (χ2v) is 6.78. The molecule has 5 nitrogen and oxygen atoms in total. The highest BCUT2D eigenvalue weighted by Crippen LogP contribution is 2.47. The van der Waals surface area contributed by atoms with Crippen molar-refractivity contribution < 1.29 is 9.18 Å². The van der Waals surface area contributed by atoms with Crippen molar-refractivity contribution in [3.8, 4) is 0 Å². The number of carbonyl (C=O) groups is 1. The van der Waals surface area contributed by atoms with Gasteiger partial charge in [0.1, 0.15) is 5.82 Å². The number of halogens is 1. The van der Waals surface area contributed by atoms with Gasteiger partial charge in [0.2, 0.25) is 5.91 Å². The van der Waals surface area contributed by atoms with Crippen LogP contribution in [0, 0.1) is 11.7 Å². The zero-order valence-electron chi connectivity index (χ0n) is 14.3. The van der Waals surface area contributed by atoms with Crippen molar-refractivity contribution in [2.24, 2.45) is 13.0 Å². The molecule has 1 aromatic carbocycles. The van der Waals surface area contributed by atoms with Crippen molar-refractivity contribution in [1.82, 2.24) is 20.0 Å². The van der Waals surface area contributed by atoms with Crippen molar-refractivity contribution in [2.75, 3.05) is 14.1 Å². The highest BCUT2D eigenvalue weighted by Gasteiger charge is 2.44. The van der Waals surface area contributed by atoms with Gasteiger partial charge < -0.3 is 10.2 Å². The molecule has 1 aliphatic carbocycles. The summed E-state index contributed by atoms with van der Waals surface area (Å²) in [7, 11) is 5.68. The van der Waals surface area contributed by atoms with Gasteiger partial charge in [-0.3, -0.25) is 9.48 Å². The number of carbonyl (C=O) groups excluding carboxylic acids is 1. The Morgan fingerprint density at radius 2 is 2.25 bits per heavy atom. The number of nitrogens with zero attached hydrogens (tertiary/aromatic N) is 3. The van der Waals surface area contributed by atoms with Crippen LogP contribution in [0.1, 0.15) is 29.0 Å². The van der Waals surface area contributed by atoms with Gasteiger partial charge in [0.25, 0.3) is 0 Å². The SMILES string of the molecule is CN(C)Cc1cc(CNC(=O)[C@@H]2C[C@H]2c2cnn(C)c2)ccc1F. The molecule has 0 unspecified atom stereocenters. The topological polar surface area (TPSA) is 50.2 Å². The summed E-state index contributed by atoms with van der Waals surface area (Å²) in [6, 6.07) is 5.01. The normalized spacial score (nSPS) is 19.5. The Bertz CT molecular complexity index is 740. The quantitative estimate of drug-likeness (QED) is 0.882. The fourth-order valence-electron chi connectivity index (χ4n) is 3.00. The third-order valence-electron chi connectivity index (χ3n) is 4.34. The lowest BCUT2D eigenvalue weighted by Crippen LogP contribution is -2.25. The van der Waals surface area contributed by atoms with E-state index < -0.39 is 0 Å². The highest BCUT2D eigenvalue weighted by atomic mass is 19.1. The molecule has 6 heteroatoms. The van der Waals surface area contributed by atoms with Crippen LogP contribution in [0.15, 0.2) is 30.6 Å². The van der Waals surface area contributed by atoms with E-state index in [-0.39, 0.29) is 23.6 Å². The molecule has 2 aromatic rings. The molecule has 0 radical (unpaired) electrons. The van der Waals surface area contributed by atoms with Gasteiger partial charge in [0, 0.05) is 37.8 Å². The Hall–Kier alpha value is -2.21. The molecule has 0 aliphatic heterocycles. The average molecular weight is 330 g/mol. The van der Waals surface area contributed by atoms with Gasteiger partial charge >= 0.3 is 0 Å². The summed E-state index contributed by atoms with van der Waals surface area (Å²) in [5.74, 6) is 0.145. The highest BCUT2D eigenvalue weighted by molar-refractivity contribution is 5.82. The summed E-state index contributed by atoms with van der Waals surface area (Å²) in [6.07, 6.45) is 4.66. The molecule has 1 aliphatic rings. The van der Waals surface area contributed by atoms with Crippen LogP contribution >= 0.6 is 0 Å². The summed E-state index contributed by atoms with van der Waals surface area (Å²) in [5, 5.41) is 7.12. The minimum atomic E-state index is -0.211. The van der Waals surface area contributed by atoms with Crippen LogP contribution < -0.4 is 5.32 Å². The Balaban J connectivity index is 1.55. The number of aryl methyl sites for hydroxylation is 1. The summed E-state index contributed by atoms with van der Waals surface area (Å²) >= 11 is 0. The standard InChI is InChI=1S/C18H23FN4O/c1-22(2)10-13-6-12(4-5-17(13)19)8-20-18(24)16-7-15(16)14-9-21-23(3)11-14/h4-6,9,11,15-16H,7-8,10H2,1-3H3,(H,20,24)/t15-,16+/m0/s1. The second-order valence-electron chi connectivity index (χ2n) is 6.78.